The molecule has 1 saturated carbocycles. The number of carboxylic acids is 1. The number of carboxylic acid groups (broad SMARTS) is 1. The number of aliphatic carboxylic acids is 1. The topological polar surface area (TPSA) is 69.2 Å². The summed E-state index contributed by atoms with van der Waals surface area (Å²) in [6.07, 6.45) is 2.77. The largest absolute Gasteiger partial charge is 0.550 e. The molecule has 1 aliphatic rings. The lowest BCUT2D eigenvalue weighted by Gasteiger charge is -2.31. The van der Waals surface area contributed by atoms with Crippen molar-refractivity contribution in [1.82, 2.24) is 0 Å². The van der Waals surface area contributed by atoms with Gasteiger partial charge in [-0.15, -0.1) is 0 Å². The number of amides is 1. The second-order valence-electron chi connectivity index (χ2n) is 4.79. The Morgan fingerprint density at radius 3 is 2.42 bits per heavy atom. The molecule has 0 heterocycles. The first-order valence-corrected chi connectivity index (χ1v) is 6.73. The number of hydrogen-bond acceptors (Lipinski definition) is 3. The Morgan fingerprint density at radius 1 is 1.16 bits per heavy atom. The predicted molar refractivity (Wildman–Crippen MR) is 70.5 cm³/mol. The molecule has 0 unspecified atom stereocenters. The zero-order chi connectivity index (χ0) is 13.8. The maximum Gasteiger partial charge on any atom is 0.228 e. The molecule has 0 aromatic heterocycles. The fourth-order valence-electron chi connectivity index (χ4n) is 2.51. The van der Waals surface area contributed by atoms with Gasteiger partial charge in [-0.05, 0) is 25.0 Å². The molecule has 0 saturated heterocycles. The summed E-state index contributed by atoms with van der Waals surface area (Å²) in [5.41, 5.74) is 0.511. The van der Waals surface area contributed by atoms with E-state index in [1.54, 1.807) is 24.3 Å². The highest BCUT2D eigenvalue weighted by Gasteiger charge is 2.31. The van der Waals surface area contributed by atoms with Gasteiger partial charge in [-0.25, -0.2) is 0 Å². The molecule has 2 rings (SSSR count). The van der Waals surface area contributed by atoms with Crippen LogP contribution in [0, 0.1) is 11.8 Å². The molecule has 2 atom stereocenters. The third-order valence-electron chi connectivity index (χ3n) is 3.54. The van der Waals surface area contributed by atoms with Gasteiger partial charge < -0.3 is 15.2 Å². The Bertz CT molecular complexity index is 489. The van der Waals surface area contributed by atoms with Crippen LogP contribution in [0.3, 0.4) is 0 Å². The maximum atomic E-state index is 12.2. The Kier molecular flexibility index (Phi) is 4.43. The molecule has 0 spiro atoms. The summed E-state index contributed by atoms with van der Waals surface area (Å²) >= 11 is 5.96. The fraction of sp³-hybridized carbons (Fsp3) is 0.429. The molecule has 1 amide bonds. The number of carbonyl (C=O) groups excluding carboxylic acids is 2. The zero-order valence-corrected chi connectivity index (χ0v) is 11.2. The summed E-state index contributed by atoms with van der Waals surface area (Å²) in [5, 5.41) is 14.2. The first-order chi connectivity index (χ1) is 9.09. The molecule has 0 aliphatic heterocycles. The molecule has 1 N–H and O–H groups in total. The number of rotatable bonds is 3. The molecular formula is C14H15ClNO3-. The van der Waals surface area contributed by atoms with E-state index in [1.165, 1.54) is 0 Å². The quantitative estimate of drug-likeness (QED) is 0.918. The van der Waals surface area contributed by atoms with Gasteiger partial charge in [0, 0.05) is 17.8 Å². The van der Waals surface area contributed by atoms with Crippen molar-refractivity contribution in [2.45, 2.75) is 25.7 Å². The van der Waals surface area contributed by atoms with Crippen molar-refractivity contribution in [1.29, 1.82) is 0 Å². The van der Waals surface area contributed by atoms with Crippen molar-refractivity contribution in [3.63, 3.8) is 0 Å². The zero-order valence-electron chi connectivity index (χ0n) is 10.4. The summed E-state index contributed by atoms with van der Waals surface area (Å²) in [5.74, 6) is -2.66. The van der Waals surface area contributed by atoms with E-state index in [0.717, 1.165) is 12.8 Å². The van der Waals surface area contributed by atoms with Crippen LogP contribution in [0.4, 0.5) is 5.69 Å². The van der Waals surface area contributed by atoms with E-state index in [4.69, 9.17) is 11.6 Å². The average Bonchev–Trinajstić information content (AvgIpc) is 2.41. The van der Waals surface area contributed by atoms with Gasteiger partial charge in [-0.1, -0.05) is 36.6 Å². The minimum absolute atomic E-state index is 0.290. The number of benzene rings is 1. The van der Waals surface area contributed by atoms with Crippen LogP contribution in [0.2, 0.25) is 5.02 Å². The van der Waals surface area contributed by atoms with Crippen molar-refractivity contribution in [3.8, 4) is 0 Å². The molecule has 1 aromatic carbocycles. The number of halogens is 1. The predicted octanol–water partition coefficient (Wildman–Crippen LogP) is 1.83. The van der Waals surface area contributed by atoms with Crippen LogP contribution in [0.5, 0.6) is 0 Å². The second kappa shape index (κ2) is 6.06. The summed E-state index contributed by atoms with van der Waals surface area (Å²) < 4.78 is 0. The van der Waals surface area contributed by atoms with Crippen molar-refractivity contribution in [3.05, 3.63) is 29.3 Å². The molecule has 5 heteroatoms. The molecule has 1 fully saturated rings. The molecule has 0 radical (unpaired) electrons. The van der Waals surface area contributed by atoms with Crippen LogP contribution in [0.15, 0.2) is 24.3 Å². The Labute approximate surface area is 116 Å². The lowest BCUT2D eigenvalue weighted by molar-refractivity contribution is -0.313. The van der Waals surface area contributed by atoms with E-state index < -0.39 is 17.8 Å². The lowest BCUT2D eigenvalue weighted by Crippen LogP contribution is -2.42. The maximum absolute atomic E-state index is 12.2. The van der Waals surface area contributed by atoms with Crippen LogP contribution in [0.1, 0.15) is 25.7 Å². The van der Waals surface area contributed by atoms with Gasteiger partial charge in [-0.2, -0.15) is 0 Å². The van der Waals surface area contributed by atoms with Crippen LogP contribution in [0.25, 0.3) is 0 Å². The van der Waals surface area contributed by atoms with Crippen LogP contribution in [-0.4, -0.2) is 11.9 Å². The lowest BCUT2D eigenvalue weighted by atomic mass is 9.78. The van der Waals surface area contributed by atoms with Crippen LogP contribution < -0.4 is 10.4 Å². The van der Waals surface area contributed by atoms with Crippen molar-refractivity contribution < 1.29 is 14.7 Å². The van der Waals surface area contributed by atoms with E-state index in [-0.39, 0.29) is 5.91 Å². The van der Waals surface area contributed by atoms with Crippen LogP contribution in [-0.2, 0) is 9.59 Å². The van der Waals surface area contributed by atoms with Crippen molar-refractivity contribution in [2.75, 3.05) is 5.32 Å². The van der Waals surface area contributed by atoms with Gasteiger partial charge in [0.05, 0.1) is 10.7 Å². The third kappa shape index (κ3) is 3.26. The number of nitrogens with one attached hydrogen (secondary N) is 1. The normalized spacial score (nSPS) is 22.8. The summed E-state index contributed by atoms with van der Waals surface area (Å²) in [6.45, 7) is 0. The molecule has 1 aliphatic carbocycles. The fourth-order valence-corrected chi connectivity index (χ4v) is 2.70. The smallest absolute Gasteiger partial charge is 0.228 e. The third-order valence-corrected chi connectivity index (χ3v) is 3.87. The number of anilines is 1. The second-order valence-corrected chi connectivity index (χ2v) is 5.19. The van der Waals surface area contributed by atoms with E-state index in [0.29, 0.717) is 23.6 Å². The van der Waals surface area contributed by atoms with Gasteiger partial charge in [0.15, 0.2) is 0 Å². The highest BCUT2D eigenvalue weighted by molar-refractivity contribution is 6.33. The van der Waals surface area contributed by atoms with Gasteiger partial charge >= 0.3 is 0 Å². The van der Waals surface area contributed by atoms with E-state index in [2.05, 4.69) is 5.32 Å². The molecule has 19 heavy (non-hydrogen) atoms. The molecule has 4 nitrogen and oxygen atoms in total. The standard InChI is InChI=1S/C14H16ClNO3/c15-11-7-3-4-8-12(11)16-13(17)9-5-1-2-6-10(9)14(18)19/h3-4,7-10H,1-2,5-6H2,(H,16,17)(H,18,19)/p-1/t9-,10+/m1/s1. The highest BCUT2D eigenvalue weighted by Crippen LogP contribution is 2.31. The van der Waals surface area contributed by atoms with Gasteiger partial charge in [-0.3, -0.25) is 4.79 Å². The molecular weight excluding hydrogens is 266 g/mol. The van der Waals surface area contributed by atoms with Gasteiger partial charge in [0.2, 0.25) is 5.91 Å². The van der Waals surface area contributed by atoms with E-state index in [1.807, 2.05) is 0 Å². The van der Waals surface area contributed by atoms with E-state index >= 15 is 0 Å². The van der Waals surface area contributed by atoms with Crippen molar-refractivity contribution in [2.24, 2.45) is 11.8 Å². The Hall–Kier alpha value is -1.55. The molecule has 1 aromatic rings. The Balaban J connectivity index is 2.10. The molecule has 0 bridgehead atoms. The van der Waals surface area contributed by atoms with Gasteiger partial charge in [0.25, 0.3) is 0 Å². The SMILES string of the molecule is O=C([O-])[C@H]1CCCC[C@H]1C(=O)Nc1ccccc1Cl. The first-order valence-electron chi connectivity index (χ1n) is 6.36. The summed E-state index contributed by atoms with van der Waals surface area (Å²) in [6, 6.07) is 6.90. The minimum Gasteiger partial charge on any atom is -0.550 e. The minimum atomic E-state index is -1.14. The van der Waals surface area contributed by atoms with Gasteiger partial charge in [0.1, 0.15) is 0 Å². The molecule has 102 valence electrons. The van der Waals surface area contributed by atoms with E-state index in [9.17, 15) is 14.7 Å². The summed E-state index contributed by atoms with van der Waals surface area (Å²) in [7, 11) is 0. The number of carbonyl (C=O) groups is 2. The number of para-hydroxylation sites is 1. The Morgan fingerprint density at radius 2 is 1.79 bits per heavy atom. The highest BCUT2D eigenvalue weighted by atomic mass is 35.5. The van der Waals surface area contributed by atoms with Crippen molar-refractivity contribution >= 4 is 29.2 Å². The van der Waals surface area contributed by atoms with Crippen LogP contribution >= 0.6 is 11.6 Å². The number of hydrogen-bond donors (Lipinski definition) is 1. The first kappa shape index (κ1) is 13.9. The monoisotopic (exact) mass is 280 g/mol. The average molecular weight is 281 g/mol. The summed E-state index contributed by atoms with van der Waals surface area (Å²) in [4.78, 5) is 23.2.